The molecule has 146 valence electrons. The summed E-state index contributed by atoms with van der Waals surface area (Å²) in [6, 6.07) is 9.80. The number of benzene rings is 1. The molecule has 1 N–H and O–H groups in total. The first-order valence-electron chi connectivity index (χ1n) is 8.94. The van der Waals surface area contributed by atoms with Gasteiger partial charge in [-0.25, -0.2) is 0 Å². The quantitative estimate of drug-likeness (QED) is 0.445. The molecule has 4 rings (SSSR count). The van der Waals surface area contributed by atoms with Crippen molar-refractivity contribution >= 4 is 57.9 Å². The van der Waals surface area contributed by atoms with E-state index >= 15 is 0 Å². The molecule has 0 radical (unpaired) electrons. The smallest absolute Gasteiger partial charge is 0.225 e. The lowest BCUT2D eigenvalue weighted by Crippen LogP contribution is -2.13. The zero-order valence-corrected chi connectivity index (χ0v) is 18.0. The van der Waals surface area contributed by atoms with Crippen molar-refractivity contribution in [3.63, 3.8) is 0 Å². The van der Waals surface area contributed by atoms with E-state index in [1.54, 1.807) is 41.3 Å². The summed E-state index contributed by atoms with van der Waals surface area (Å²) >= 11 is 15.5. The van der Waals surface area contributed by atoms with Gasteiger partial charge < -0.3 is 9.88 Å². The molecule has 2 heterocycles. The van der Waals surface area contributed by atoms with Crippen LogP contribution in [0.3, 0.4) is 0 Å². The summed E-state index contributed by atoms with van der Waals surface area (Å²) in [7, 11) is 0. The van der Waals surface area contributed by atoms with Gasteiger partial charge in [-0.2, -0.15) is 0 Å². The number of para-hydroxylation sites is 1. The number of halogens is 2. The number of amides is 1. The molecule has 28 heavy (non-hydrogen) atoms. The molecular formula is C19H18Cl2N4OS2. The van der Waals surface area contributed by atoms with Crippen LogP contribution in [0.15, 0.2) is 40.9 Å². The van der Waals surface area contributed by atoms with E-state index in [9.17, 15) is 4.79 Å². The SMILES string of the molecule is O=C(CCSc1nnc(Cc2cccs2)n1C1CC1)Nc1c(Cl)cccc1Cl. The summed E-state index contributed by atoms with van der Waals surface area (Å²) in [6.07, 6.45) is 3.46. The minimum Gasteiger partial charge on any atom is -0.324 e. The maximum Gasteiger partial charge on any atom is 0.225 e. The Labute approximate surface area is 181 Å². The van der Waals surface area contributed by atoms with E-state index in [0.717, 1.165) is 30.2 Å². The third kappa shape index (κ3) is 4.71. The molecule has 1 amide bonds. The highest BCUT2D eigenvalue weighted by Crippen LogP contribution is 2.39. The topological polar surface area (TPSA) is 59.8 Å². The number of nitrogens with one attached hydrogen (secondary N) is 1. The molecule has 0 spiro atoms. The molecule has 0 bridgehead atoms. The molecule has 0 atom stereocenters. The van der Waals surface area contributed by atoms with Crippen molar-refractivity contribution < 1.29 is 4.79 Å². The summed E-state index contributed by atoms with van der Waals surface area (Å²) in [5, 5.41) is 15.4. The van der Waals surface area contributed by atoms with Crippen LogP contribution in [0.25, 0.3) is 0 Å². The van der Waals surface area contributed by atoms with Gasteiger partial charge in [0, 0.05) is 29.5 Å². The lowest BCUT2D eigenvalue weighted by molar-refractivity contribution is -0.115. The Morgan fingerprint density at radius 3 is 2.68 bits per heavy atom. The van der Waals surface area contributed by atoms with Gasteiger partial charge in [-0.15, -0.1) is 21.5 Å². The van der Waals surface area contributed by atoms with Crippen LogP contribution in [0.5, 0.6) is 0 Å². The normalized spacial score (nSPS) is 13.6. The summed E-state index contributed by atoms with van der Waals surface area (Å²) < 4.78 is 2.24. The van der Waals surface area contributed by atoms with Gasteiger partial charge in [0.25, 0.3) is 0 Å². The second kappa shape index (κ2) is 8.86. The van der Waals surface area contributed by atoms with E-state index in [2.05, 4.69) is 37.6 Å². The van der Waals surface area contributed by atoms with E-state index in [-0.39, 0.29) is 5.91 Å². The van der Waals surface area contributed by atoms with Crippen molar-refractivity contribution in [1.29, 1.82) is 0 Å². The largest absolute Gasteiger partial charge is 0.324 e. The maximum atomic E-state index is 12.3. The van der Waals surface area contributed by atoms with Crippen LogP contribution in [-0.2, 0) is 11.2 Å². The highest BCUT2D eigenvalue weighted by Gasteiger charge is 2.29. The predicted molar refractivity (Wildman–Crippen MR) is 116 cm³/mol. The van der Waals surface area contributed by atoms with Crippen molar-refractivity contribution in [1.82, 2.24) is 14.8 Å². The number of thioether (sulfide) groups is 1. The zero-order chi connectivity index (χ0) is 19.5. The minimum atomic E-state index is -0.126. The lowest BCUT2D eigenvalue weighted by Gasteiger charge is -2.10. The molecule has 0 aliphatic heterocycles. The Balaban J connectivity index is 1.36. The summed E-state index contributed by atoms with van der Waals surface area (Å²) in [4.78, 5) is 13.6. The Morgan fingerprint density at radius 1 is 1.21 bits per heavy atom. The van der Waals surface area contributed by atoms with Gasteiger partial charge >= 0.3 is 0 Å². The van der Waals surface area contributed by atoms with Crippen molar-refractivity contribution in [2.45, 2.75) is 36.9 Å². The number of thiophene rings is 1. The number of aromatic nitrogens is 3. The van der Waals surface area contributed by atoms with Crippen LogP contribution in [0.1, 0.15) is 36.0 Å². The minimum absolute atomic E-state index is 0.126. The first-order valence-corrected chi connectivity index (χ1v) is 11.6. The lowest BCUT2D eigenvalue weighted by atomic mass is 10.3. The van der Waals surface area contributed by atoms with Gasteiger partial charge in [0.15, 0.2) is 5.16 Å². The van der Waals surface area contributed by atoms with Crippen LogP contribution >= 0.6 is 46.3 Å². The Bertz CT molecular complexity index is 950. The molecule has 0 saturated heterocycles. The summed E-state index contributed by atoms with van der Waals surface area (Å²) in [5.41, 5.74) is 0.459. The third-order valence-electron chi connectivity index (χ3n) is 4.35. The van der Waals surface area contributed by atoms with Crippen LogP contribution in [0, 0.1) is 0 Å². The van der Waals surface area contributed by atoms with Crippen molar-refractivity contribution in [3.05, 3.63) is 56.5 Å². The van der Waals surface area contributed by atoms with Crippen LogP contribution in [0.2, 0.25) is 10.0 Å². The molecule has 0 unspecified atom stereocenters. The van der Waals surface area contributed by atoms with E-state index in [4.69, 9.17) is 23.2 Å². The first kappa shape index (κ1) is 19.8. The summed E-state index contributed by atoms with van der Waals surface area (Å²) in [6.45, 7) is 0. The molecule has 3 aromatic rings. The Kier molecular flexibility index (Phi) is 6.25. The first-order chi connectivity index (χ1) is 13.6. The number of carbonyl (C=O) groups is 1. The predicted octanol–water partition coefficient (Wildman–Crippen LogP) is 5.69. The standard InChI is InChI=1S/C19H18Cl2N4OS2/c20-14-4-1-5-15(21)18(14)22-17(26)8-10-28-19-24-23-16(25(19)12-6-7-12)11-13-3-2-9-27-13/h1-5,9,12H,6-8,10-11H2,(H,22,26). The molecule has 1 fully saturated rings. The van der Waals surface area contributed by atoms with Crippen molar-refractivity contribution in [2.24, 2.45) is 0 Å². The average molecular weight is 453 g/mol. The Morgan fingerprint density at radius 2 is 2.00 bits per heavy atom. The highest BCUT2D eigenvalue weighted by atomic mass is 35.5. The van der Waals surface area contributed by atoms with Crippen molar-refractivity contribution in [2.75, 3.05) is 11.1 Å². The average Bonchev–Trinajstić information content (AvgIpc) is 3.22. The van der Waals surface area contributed by atoms with Gasteiger partial charge in [-0.05, 0) is 36.4 Å². The van der Waals surface area contributed by atoms with Gasteiger partial charge in [0.05, 0.1) is 15.7 Å². The number of carbonyl (C=O) groups excluding carboxylic acids is 1. The fourth-order valence-corrected chi connectivity index (χ4v) is 5.00. The van der Waals surface area contributed by atoms with E-state index in [1.807, 2.05) is 0 Å². The monoisotopic (exact) mass is 452 g/mol. The fraction of sp³-hybridized carbons (Fsp3) is 0.316. The fourth-order valence-electron chi connectivity index (χ4n) is 2.85. The molecule has 1 aliphatic carbocycles. The van der Waals surface area contributed by atoms with Gasteiger partial charge in [-0.3, -0.25) is 4.79 Å². The van der Waals surface area contributed by atoms with E-state index in [1.165, 1.54) is 4.88 Å². The molecule has 1 aromatic carbocycles. The van der Waals surface area contributed by atoms with Crippen LogP contribution < -0.4 is 5.32 Å². The molecule has 5 nitrogen and oxygen atoms in total. The Hall–Kier alpha value is -1.54. The highest BCUT2D eigenvalue weighted by molar-refractivity contribution is 7.99. The number of rotatable bonds is 8. The zero-order valence-electron chi connectivity index (χ0n) is 14.9. The molecule has 1 saturated carbocycles. The number of hydrogen-bond acceptors (Lipinski definition) is 5. The van der Waals surface area contributed by atoms with E-state index < -0.39 is 0 Å². The number of nitrogens with zero attached hydrogens (tertiary/aromatic N) is 3. The van der Waals surface area contributed by atoms with Gasteiger partial charge in [0.2, 0.25) is 5.91 Å². The molecular weight excluding hydrogens is 435 g/mol. The van der Waals surface area contributed by atoms with Crippen LogP contribution in [0.4, 0.5) is 5.69 Å². The maximum absolute atomic E-state index is 12.3. The van der Waals surface area contributed by atoms with Gasteiger partial charge in [-0.1, -0.05) is 47.1 Å². The van der Waals surface area contributed by atoms with E-state index in [0.29, 0.717) is 33.9 Å². The molecule has 2 aromatic heterocycles. The third-order valence-corrected chi connectivity index (χ3v) is 6.80. The second-order valence-electron chi connectivity index (χ2n) is 6.50. The number of anilines is 1. The van der Waals surface area contributed by atoms with Crippen molar-refractivity contribution in [3.8, 4) is 0 Å². The second-order valence-corrected chi connectivity index (χ2v) is 9.41. The number of hydrogen-bond donors (Lipinski definition) is 1. The summed E-state index contributed by atoms with van der Waals surface area (Å²) in [5.74, 6) is 1.48. The molecule has 9 heteroatoms. The van der Waals surface area contributed by atoms with Crippen LogP contribution in [-0.4, -0.2) is 26.4 Å². The molecule has 1 aliphatic rings. The van der Waals surface area contributed by atoms with Gasteiger partial charge in [0.1, 0.15) is 5.82 Å².